The summed E-state index contributed by atoms with van der Waals surface area (Å²) in [5.41, 5.74) is 4.22. The van der Waals surface area contributed by atoms with E-state index in [1.54, 1.807) is 12.1 Å². The van der Waals surface area contributed by atoms with Crippen LogP contribution in [0.15, 0.2) is 47.8 Å². The summed E-state index contributed by atoms with van der Waals surface area (Å²) in [4.78, 5) is 22.8. The topological polar surface area (TPSA) is 49.7 Å². The Balaban J connectivity index is 2.20. The average molecular weight is 266 g/mol. The lowest BCUT2D eigenvalue weighted by atomic mass is 10.0. The molecule has 1 heterocycles. The van der Waals surface area contributed by atoms with E-state index in [1.807, 2.05) is 30.3 Å². The van der Waals surface area contributed by atoms with Gasteiger partial charge in [-0.25, -0.2) is 0 Å². The van der Waals surface area contributed by atoms with Gasteiger partial charge in [-0.15, -0.1) is 4.91 Å². The van der Waals surface area contributed by atoms with Crippen LogP contribution in [0.5, 0.6) is 0 Å². The van der Waals surface area contributed by atoms with Crippen molar-refractivity contribution in [2.24, 2.45) is 5.29 Å². The van der Waals surface area contributed by atoms with Gasteiger partial charge in [0, 0.05) is 5.56 Å². The fraction of sp³-hybridized carbons (Fsp3) is 0.188. The molecule has 2 aromatic carbocycles. The molecule has 0 atom stereocenters. The Morgan fingerprint density at radius 1 is 1.05 bits per heavy atom. The number of hydrogen-bond acceptors (Lipinski definition) is 3. The molecule has 4 nitrogen and oxygen atoms in total. The average Bonchev–Trinajstić information content (AvgIpc) is 2.62. The summed E-state index contributed by atoms with van der Waals surface area (Å²) in [6, 6.07) is 13.2. The van der Waals surface area contributed by atoms with E-state index in [4.69, 9.17) is 0 Å². The predicted octanol–water partition coefficient (Wildman–Crippen LogP) is 3.81. The summed E-state index contributed by atoms with van der Waals surface area (Å²) >= 11 is 0. The van der Waals surface area contributed by atoms with Crippen LogP contribution in [-0.2, 0) is 12.8 Å². The van der Waals surface area contributed by atoms with Crippen LogP contribution in [0, 0.1) is 4.91 Å². The van der Waals surface area contributed by atoms with Crippen molar-refractivity contribution in [1.29, 1.82) is 0 Å². The Morgan fingerprint density at radius 3 is 2.45 bits per heavy atom. The SMILES string of the molecule is CC(=O)c1ccc2c(c1)N(N=O)c1ccccc1CC2. The van der Waals surface area contributed by atoms with Crippen LogP contribution >= 0.6 is 0 Å². The second-order valence-electron chi connectivity index (χ2n) is 4.92. The van der Waals surface area contributed by atoms with Gasteiger partial charge < -0.3 is 0 Å². The molecule has 0 unspecified atom stereocenters. The van der Waals surface area contributed by atoms with Gasteiger partial charge in [-0.3, -0.25) is 4.79 Å². The zero-order chi connectivity index (χ0) is 14.1. The van der Waals surface area contributed by atoms with E-state index < -0.39 is 0 Å². The van der Waals surface area contributed by atoms with Crippen molar-refractivity contribution in [2.75, 3.05) is 5.01 Å². The summed E-state index contributed by atoms with van der Waals surface area (Å²) in [5, 5.41) is 4.56. The molecular formula is C16H14N2O2. The molecule has 0 bridgehead atoms. The number of fused-ring (bicyclic) bond motifs is 2. The standard InChI is InChI=1S/C16H14N2O2/c1-11(19)14-9-8-13-7-6-12-4-2-3-5-15(12)18(17-20)16(13)10-14/h2-5,8-10H,6-7H2,1H3. The fourth-order valence-electron chi connectivity index (χ4n) is 2.61. The second-order valence-corrected chi connectivity index (χ2v) is 4.92. The van der Waals surface area contributed by atoms with Crippen LogP contribution in [0.1, 0.15) is 28.4 Å². The smallest absolute Gasteiger partial charge is 0.159 e. The number of nitrogens with zero attached hydrogens (tertiary/aromatic N) is 2. The summed E-state index contributed by atoms with van der Waals surface area (Å²) in [6.07, 6.45) is 1.69. The van der Waals surface area contributed by atoms with E-state index in [9.17, 15) is 9.70 Å². The van der Waals surface area contributed by atoms with Crippen molar-refractivity contribution in [1.82, 2.24) is 0 Å². The zero-order valence-corrected chi connectivity index (χ0v) is 11.2. The van der Waals surface area contributed by atoms with Crippen molar-refractivity contribution < 1.29 is 4.79 Å². The van der Waals surface area contributed by atoms with E-state index in [0.717, 1.165) is 29.7 Å². The van der Waals surface area contributed by atoms with Gasteiger partial charge in [-0.1, -0.05) is 30.3 Å². The van der Waals surface area contributed by atoms with Crippen LogP contribution in [0.3, 0.4) is 0 Å². The number of nitroso groups, excluding NO2 is 1. The summed E-state index contributed by atoms with van der Waals surface area (Å²) in [5.74, 6) is -0.0174. The molecule has 0 saturated heterocycles. The molecule has 0 N–H and O–H groups in total. The molecule has 0 fully saturated rings. The third kappa shape index (κ3) is 1.99. The monoisotopic (exact) mass is 266 g/mol. The van der Waals surface area contributed by atoms with Crippen LogP contribution in [0.4, 0.5) is 11.4 Å². The lowest BCUT2D eigenvalue weighted by Gasteiger charge is -2.18. The van der Waals surface area contributed by atoms with E-state index in [0.29, 0.717) is 11.3 Å². The van der Waals surface area contributed by atoms with Gasteiger partial charge in [0.15, 0.2) is 5.78 Å². The third-order valence-corrected chi connectivity index (χ3v) is 3.69. The van der Waals surface area contributed by atoms with Gasteiger partial charge in [0.1, 0.15) is 0 Å². The Morgan fingerprint density at radius 2 is 1.75 bits per heavy atom. The molecule has 3 rings (SSSR count). The summed E-state index contributed by atoms with van der Waals surface area (Å²) < 4.78 is 0. The number of hydrogen-bond donors (Lipinski definition) is 0. The maximum atomic E-state index is 11.5. The van der Waals surface area contributed by atoms with Gasteiger partial charge in [0.2, 0.25) is 0 Å². The quantitative estimate of drug-likeness (QED) is 0.613. The van der Waals surface area contributed by atoms with Crippen molar-refractivity contribution in [3.63, 3.8) is 0 Å². The first-order valence-electron chi connectivity index (χ1n) is 6.56. The molecule has 20 heavy (non-hydrogen) atoms. The number of para-hydroxylation sites is 1. The lowest BCUT2D eigenvalue weighted by Crippen LogP contribution is -2.10. The van der Waals surface area contributed by atoms with Crippen molar-refractivity contribution in [3.8, 4) is 0 Å². The van der Waals surface area contributed by atoms with Crippen molar-refractivity contribution in [2.45, 2.75) is 19.8 Å². The van der Waals surface area contributed by atoms with Gasteiger partial charge in [0.05, 0.1) is 16.7 Å². The number of benzene rings is 2. The molecule has 2 aromatic rings. The number of carbonyl (C=O) groups excluding carboxylic acids is 1. The molecule has 0 aromatic heterocycles. The van der Waals surface area contributed by atoms with Crippen molar-refractivity contribution >= 4 is 17.2 Å². The number of rotatable bonds is 2. The Labute approximate surface area is 117 Å². The molecule has 1 aliphatic heterocycles. The first kappa shape index (κ1) is 12.5. The van der Waals surface area contributed by atoms with E-state index in [2.05, 4.69) is 5.29 Å². The highest BCUT2D eigenvalue weighted by Crippen LogP contribution is 2.36. The molecular weight excluding hydrogens is 252 g/mol. The van der Waals surface area contributed by atoms with E-state index >= 15 is 0 Å². The molecule has 0 spiro atoms. The number of anilines is 2. The van der Waals surface area contributed by atoms with Crippen molar-refractivity contribution in [3.05, 3.63) is 64.1 Å². The largest absolute Gasteiger partial charge is 0.295 e. The minimum Gasteiger partial charge on any atom is -0.295 e. The van der Waals surface area contributed by atoms with Gasteiger partial charge in [-0.2, -0.15) is 5.01 Å². The van der Waals surface area contributed by atoms with Gasteiger partial charge in [-0.05, 0) is 43.0 Å². The minimum absolute atomic E-state index is 0.0174. The van der Waals surface area contributed by atoms with Crippen LogP contribution in [-0.4, -0.2) is 5.78 Å². The van der Waals surface area contributed by atoms with E-state index in [-0.39, 0.29) is 5.78 Å². The van der Waals surface area contributed by atoms with Crippen LogP contribution in [0.2, 0.25) is 0 Å². The fourth-order valence-corrected chi connectivity index (χ4v) is 2.61. The number of aryl methyl sites for hydroxylation is 2. The molecule has 4 heteroatoms. The minimum atomic E-state index is -0.0174. The number of carbonyl (C=O) groups is 1. The van der Waals surface area contributed by atoms with Gasteiger partial charge >= 0.3 is 0 Å². The number of ketones is 1. The van der Waals surface area contributed by atoms with Crippen LogP contribution in [0.25, 0.3) is 0 Å². The highest BCUT2D eigenvalue weighted by molar-refractivity contribution is 5.95. The molecule has 100 valence electrons. The number of Topliss-reactive ketones (excluding diaryl/α,β-unsaturated/α-hetero) is 1. The third-order valence-electron chi connectivity index (χ3n) is 3.69. The summed E-state index contributed by atoms with van der Waals surface area (Å²) in [7, 11) is 0. The highest BCUT2D eigenvalue weighted by atomic mass is 16.3. The predicted molar refractivity (Wildman–Crippen MR) is 78.2 cm³/mol. The maximum Gasteiger partial charge on any atom is 0.159 e. The van der Waals surface area contributed by atoms with Gasteiger partial charge in [0.25, 0.3) is 0 Å². The van der Waals surface area contributed by atoms with Crippen LogP contribution < -0.4 is 5.01 Å². The molecule has 0 saturated carbocycles. The zero-order valence-electron chi connectivity index (χ0n) is 11.2. The maximum absolute atomic E-state index is 11.5. The Hall–Kier alpha value is -2.49. The summed E-state index contributed by atoms with van der Waals surface area (Å²) in [6.45, 7) is 1.52. The van der Waals surface area contributed by atoms with E-state index in [1.165, 1.54) is 11.9 Å². The second kappa shape index (κ2) is 4.89. The lowest BCUT2D eigenvalue weighted by molar-refractivity contribution is 0.101. The molecule has 0 aliphatic carbocycles. The molecule has 1 aliphatic rings. The highest BCUT2D eigenvalue weighted by Gasteiger charge is 2.21. The Bertz CT molecular complexity index is 695. The molecule has 0 amide bonds. The first-order chi connectivity index (χ1) is 9.70. The normalized spacial score (nSPS) is 13.2. The Kier molecular flexibility index (Phi) is 3.06. The first-order valence-corrected chi connectivity index (χ1v) is 6.56. The molecule has 0 radical (unpaired) electrons.